The van der Waals surface area contributed by atoms with Gasteiger partial charge in [-0.2, -0.15) is 4.37 Å². The highest BCUT2D eigenvalue weighted by atomic mass is 32.1. The van der Waals surface area contributed by atoms with E-state index in [0.29, 0.717) is 12.4 Å². The molecule has 5 heteroatoms. The van der Waals surface area contributed by atoms with E-state index in [1.807, 2.05) is 6.92 Å². The van der Waals surface area contributed by atoms with Gasteiger partial charge in [0.1, 0.15) is 10.8 Å². The molecule has 3 N–H and O–H groups in total. The van der Waals surface area contributed by atoms with Crippen LogP contribution in [0.5, 0.6) is 0 Å². The predicted octanol–water partition coefficient (Wildman–Crippen LogP) is 0.605. The summed E-state index contributed by atoms with van der Waals surface area (Å²) in [6.45, 7) is 3.59. The number of β-amino-alcohol motifs (C(OH)–C–C–N with tert-alkyl or cyclic N) is 1. The lowest BCUT2D eigenvalue weighted by Crippen LogP contribution is -2.20. The SMILES string of the molecule is Cc1c(N)nsc1N1CCC(O)C1. The number of hydrogen-bond acceptors (Lipinski definition) is 5. The number of nitrogens with two attached hydrogens (primary N) is 1. The second-order valence-corrected chi connectivity index (χ2v) is 4.14. The number of aromatic nitrogens is 1. The number of nitrogen functional groups attached to an aromatic ring is 1. The van der Waals surface area contributed by atoms with E-state index < -0.39 is 0 Å². The number of anilines is 2. The molecule has 0 bridgehead atoms. The third kappa shape index (κ3) is 1.49. The number of aliphatic hydroxyl groups is 1. The van der Waals surface area contributed by atoms with E-state index in [2.05, 4.69) is 9.27 Å². The van der Waals surface area contributed by atoms with Crippen molar-refractivity contribution in [1.82, 2.24) is 4.37 Å². The zero-order valence-electron chi connectivity index (χ0n) is 7.53. The average Bonchev–Trinajstić information content (AvgIpc) is 2.62. The van der Waals surface area contributed by atoms with Gasteiger partial charge in [-0.1, -0.05) is 0 Å². The molecular formula is C8H13N3OS. The van der Waals surface area contributed by atoms with E-state index in [9.17, 15) is 5.11 Å². The second kappa shape index (κ2) is 3.16. The van der Waals surface area contributed by atoms with Gasteiger partial charge in [-0.25, -0.2) is 0 Å². The Labute approximate surface area is 81.1 Å². The van der Waals surface area contributed by atoms with Gasteiger partial charge in [0.05, 0.1) is 6.10 Å². The van der Waals surface area contributed by atoms with Gasteiger partial charge in [-0.15, -0.1) is 0 Å². The fourth-order valence-corrected chi connectivity index (χ4v) is 2.40. The minimum atomic E-state index is -0.192. The molecular weight excluding hydrogens is 186 g/mol. The molecule has 2 rings (SSSR count). The summed E-state index contributed by atoms with van der Waals surface area (Å²) in [5.41, 5.74) is 6.69. The summed E-state index contributed by atoms with van der Waals surface area (Å²) in [5, 5.41) is 10.5. The summed E-state index contributed by atoms with van der Waals surface area (Å²) in [6.07, 6.45) is 0.653. The molecule has 0 saturated carbocycles. The van der Waals surface area contributed by atoms with Crippen molar-refractivity contribution in [3.63, 3.8) is 0 Å². The maximum absolute atomic E-state index is 9.37. The van der Waals surface area contributed by atoms with E-state index in [4.69, 9.17) is 5.73 Å². The van der Waals surface area contributed by atoms with Crippen molar-refractivity contribution in [3.05, 3.63) is 5.56 Å². The quantitative estimate of drug-likeness (QED) is 0.695. The lowest BCUT2D eigenvalue weighted by molar-refractivity contribution is 0.198. The third-order valence-electron chi connectivity index (χ3n) is 2.39. The van der Waals surface area contributed by atoms with Gasteiger partial charge in [0, 0.05) is 18.7 Å². The van der Waals surface area contributed by atoms with Crippen LogP contribution in [0.2, 0.25) is 0 Å². The van der Waals surface area contributed by atoms with E-state index in [1.54, 1.807) is 0 Å². The zero-order valence-corrected chi connectivity index (χ0v) is 8.34. The van der Waals surface area contributed by atoms with Crippen LogP contribution in [0.25, 0.3) is 0 Å². The molecule has 1 aromatic rings. The maximum atomic E-state index is 9.37. The molecule has 13 heavy (non-hydrogen) atoms. The summed E-state index contributed by atoms with van der Waals surface area (Å²) in [7, 11) is 0. The predicted molar refractivity (Wildman–Crippen MR) is 54.1 cm³/mol. The first-order chi connectivity index (χ1) is 6.18. The molecule has 1 aliphatic heterocycles. The topological polar surface area (TPSA) is 62.4 Å². The summed E-state index contributed by atoms with van der Waals surface area (Å²) in [5.74, 6) is 0.612. The van der Waals surface area contributed by atoms with E-state index >= 15 is 0 Å². The molecule has 1 aromatic heterocycles. The monoisotopic (exact) mass is 199 g/mol. The first-order valence-corrected chi connectivity index (χ1v) is 5.10. The van der Waals surface area contributed by atoms with Crippen molar-refractivity contribution in [3.8, 4) is 0 Å². The lowest BCUT2D eigenvalue weighted by Gasteiger charge is -2.15. The third-order valence-corrected chi connectivity index (χ3v) is 3.41. The van der Waals surface area contributed by atoms with Crippen molar-refractivity contribution in [2.24, 2.45) is 0 Å². The zero-order chi connectivity index (χ0) is 9.42. The molecule has 4 nitrogen and oxygen atoms in total. The molecule has 1 fully saturated rings. The molecule has 2 heterocycles. The van der Waals surface area contributed by atoms with Gasteiger partial charge in [0.15, 0.2) is 0 Å². The molecule has 1 atom stereocenters. The number of hydrogen-bond donors (Lipinski definition) is 2. The average molecular weight is 199 g/mol. The van der Waals surface area contributed by atoms with Crippen LogP contribution in [0.1, 0.15) is 12.0 Å². The minimum Gasteiger partial charge on any atom is -0.391 e. The van der Waals surface area contributed by atoms with Crippen molar-refractivity contribution in [1.29, 1.82) is 0 Å². The van der Waals surface area contributed by atoms with Gasteiger partial charge < -0.3 is 15.7 Å². The van der Waals surface area contributed by atoms with Crippen LogP contribution >= 0.6 is 11.5 Å². The summed E-state index contributed by atoms with van der Waals surface area (Å²) in [6, 6.07) is 0. The molecule has 72 valence electrons. The van der Waals surface area contributed by atoms with Gasteiger partial charge in [-0.3, -0.25) is 0 Å². The number of aliphatic hydroxyl groups excluding tert-OH is 1. The van der Waals surface area contributed by atoms with Crippen molar-refractivity contribution < 1.29 is 5.11 Å². The Morgan fingerprint density at radius 1 is 1.69 bits per heavy atom. The Balaban J connectivity index is 2.21. The molecule has 0 aliphatic carbocycles. The summed E-state index contributed by atoms with van der Waals surface area (Å²) in [4.78, 5) is 2.15. The Bertz CT molecular complexity index is 312. The van der Waals surface area contributed by atoms with Gasteiger partial charge in [0.25, 0.3) is 0 Å². The Kier molecular flexibility index (Phi) is 2.13. The molecule has 0 spiro atoms. The molecule has 0 amide bonds. The highest BCUT2D eigenvalue weighted by Gasteiger charge is 2.23. The molecule has 1 saturated heterocycles. The van der Waals surface area contributed by atoms with Gasteiger partial charge in [-0.05, 0) is 24.9 Å². The smallest absolute Gasteiger partial charge is 0.142 e. The molecule has 0 aromatic carbocycles. The van der Waals surface area contributed by atoms with Crippen LogP contribution in [0, 0.1) is 6.92 Å². The molecule has 0 radical (unpaired) electrons. The Morgan fingerprint density at radius 3 is 2.92 bits per heavy atom. The van der Waals surface area contributed by atoms with Crippen LogP contribution < -0.4 is 10.6 Å². The first kappa shape index (κ1) is 8.77. The highest BCUT2D eigenvalue weighted by Crippen LogP contribution is 2.31. The van der Waals surface area contributed by atoms with Crippen LogP contribution in [0.15, 0.2) is 0 Å². The maximum Gasteiger partial charge on any atom is 0.142 e. The number of nitrogens with zero attached hydrogens (tertiary/aromatic N) is 2. The van der Waals surface area contributed by atoms with E-state index in [0.717, 1.165) is 23.5 Å². The fraction of sp³-hybridized carbons (Fsp3) is 0.625. The van der Waals surface area contributed by atoms with Crippen LogP contribution in [-0.4, -0.2) is 28.7 Å². The van der Waals surface area contributed by atoms with Crippen molar-refractivity contribution >= 4 is 22.4 Å². The second-order valence-electron chi connectivity index (χ2n) is 3.39. The lowest BCUT2D eigenvalue weighted by atomic mass is 10.3. The van der Waals surface area contributed by atoms with Gasteiger partial charge >= 0.3 is 0 Å². The fourth-order valence-electron chi connectivity index (χ4n) is 1.56. The summed E-state index contributed by atoms with van der Waals surface area (Å²) < 4.78 is 4.08. The first-order valence-electron chi connectivity index (χ1n) is 4.33. The number of rotatable bonds is 1. The minimum absolute atomic E-state index is 0.192. The highest BCUT2D eigenvalue weighted by molar-refractivity contribution is 7.10. The van der Waals surface area contributed by atoms with Crippen LogP contribution in [0.4, 0.5) is 10.8 Å². The standard InChI is InChI=1S/C8H13N3OS/c1-5-7(9)10-13-8(5)11-3-2-6(12)4-11/h6,12H,2-4H2,1H3,(H2,9,10). The van der Waals surface area contributed by atoms with Crippen LogP contribution in [0.3, 0.4) is 0 Å². The van der Waals surface area contributed by atoms with E-state index in [-0.39, 0.29) is 6.10 Å². The van der Waals surface area contributed by atoms with Crippen molar-refractivity contribution in [2.75, 3.05) is 23.7 Å². The molecule has 1 aliphatic rings. The largest absolute Gasteiger partial charge is 0.391 e. The van der Waals surface area contributed by atoms with E-state index in [1.165, 1.54) is 11.5 Å². The van der Waals surface area contributed by atoms with Crippen LogP contribution in [-0.2, 0) is 0 Å². The van der Waals surface area contributed by atoms with Crippen molar-refractivity contribution in [2.45, 2.75) is 19.4 Å². The summed E-state index contributed by atoms with van der Waals surface area (Å²) >= 11 is 1.42. The normalized spacial score (nSPS) is 22.6. The Morgan fingerprint density at radius 2 is 2.46 bits per heavy atom. The molecule has 1 unspecified atom stereocenters. The van der Waals surface area contributed by atoms with Gasteiger partial charge in [0.2, 0.25) is 0 Å². The Hall–Kier alpha value is -0.810.